The van der Waals surface area contributed by atoms with Crippen molar-refractivity contribution in [1.82, 2.24) is 4.98 Å². The Morgan fingerprint density at radius 1 is 1.32 bits per heavy atom. The molecule has 1 aromatic heterocycles. The van der Waals surface area contributed by atoms with Crippen LogP contribution in [0, 0.1) is 9.49 Å². The number of aromatic amines is 1. The van der Waals surface area contributed by atoms with Crippen LogP contribution in [0.3, 0.4) is 0 Å². The van der Waals surface area contributed by atoms with Gasteiger partial charge < -0.3 is 4.98 Å². The van der Waals surface area contributed by atoms with Crippen LogP contribution in [0.5, 0.6) is 0 Å². The van der Waals surface area contributed by atoms with E-state index in [4.69, 9.17) is 0 Å². The van der Waals surface area contributed by atoms with Gasteiger partial charge in [0.25, 0.3) is 0 Å². The summed E-state index contributed by atoms with van der Waals surface area (Å²) in [5.74, 6) is 0.914. The average molecular weight is 367 g/mol. The first-order chi connectivity index (χ1) is 9.28. The Hall–Kier alpha value is -0.510. The Bertz CT molecular complexity index is 570. The quantitative estimate of drug-likeness (QED) is 0.546. The topological polar surface area (TPSA) is 15.8 Å². The second kappa shape index (κ2) is 5.86. The van der Waals surface area contributed by atoms with E-state index in [1.54, 1.807) is 5.56 Å². The maximum absolute atomic E-state index is 3.64. The summed E-state index contributed by atoms with van der Waals surface area (Å²) < 4.78 is 1.32. The van der Waals surface area contributed by atoms with Crippen molar-refractivity contribution in [2.75, 3.05) is 0 Å². The zero-order valence-electron chi connectivity index (χ0n) is 11.6. The molecule has 1 aromatic carbocycles. The number of H-pyrrole nitrogens is 1. The molecular formula is C17H22IN. The van der Waals surface area contributed by atoms with E-state index in [0.717, 1.165) is 5.92 Å². The fraction of sp³-hybridized carbons (Fsp3) is 0.529. The van der Waals surface area contributed by atoms with Gasteiger partial charge >= 0.3 is 0 Å². The summed E-state index contributed by atoms with van der Waals surface area (Å²) in [5.41, 5.74) is 4.45. The minimum Gasteiger partial charge on any atom is -0.358 e. The van der Waals surface area contributed by atoms with Crippen LogP contribution >= 0.6 is 22.6 Å². The van der Waals surface area contributed by atoms with E-state index in [0.29, 0.717) is 0 Å². The van der Waals surface area contributed by atoms with Gasteiger partial charge in [-0.3, -0.25) is 0 Å². The number of fused-ring (bicyclic) bond motifs is 3. The zero-order valence-corrected chi connectivity index (χ0v) is 13.8. The van der Waals surface area contributed by atoms with Crippen molar-refractivity contribution >= 4 is 33.5 Å². The first-order valence-corrected chi connectivity index (χ1v) is 8.64. The van der Waals surface area contributed by atoms with Gasteiger partial charge in [-0.25, -0.2) is 0 Å². The van der Waals surface area contributed by atoms with E-state index < -0.39 is 0 Å². The van der Waals surface area contributed by atoms with Crippen LogP contribution in [0.15, 0.2) is 18.2 Å². The molecule has 19 heavy (non-hydrogen) atoms. The number of hydrogen-bond acceptors (Lipinski definition) is 0. The van der Waals surface area contributed by atoms with E-state index >= 15 is 0 Å². The van der Waals surface area contributed by atoms with Crippen LogP contribution in [0.2, 0.25) is 0 Å². The third kappa shape index (κ3) is 2.83. The normalized spacial score (nSPS) is 18.7. The highest BCUT2D eigenvalue weighted by molar-refractivity contribution is 14.1. The first kappa shape index (κ1) is 13.5. The van der Waals surface area contributed by atoms with Gasteiger partial charge in [0, 0.05) is 20.2 Å². The van der Waals surface area contributed by atoms with Crippen LogP contribution in [-0.4, -0.2) is 4.98 Å². The number of benzene rings is 1. The molecule has 1 unspecified atom stereocenters. The highest BCUT2D eigenvalue weighted by Gasteiger charge is 2.22. The van der Waals surface area contributed by atoms with Gasteiger partial charge in [-0.15, -0.1) is 0 Å². The molecule has 2 aromatic rings. The highest BCUT2D eigenvalue weighted by atomic mass is 127. The molecule has 1 N–H and O–H groups in total. The van der Waals surface area contributed by atoms with Crippen molar-refractivity contribution in [3.8, 4) is 0 Å². The van der Waals surface area contributed by atoms with Gasteiger partial charge in [0.2, 0.25) is 0 Å². The molecular weight excluding hydrogens is 345 g/mol. The van der Waals surface area contributed by atoms with E-state index in [1.807, 2.05) is 0 Å². The van der Waals surface area contributed by atoms with Crippen LogP contribution in [0.25, 0.3) is 10.9 Å². The summed E-state index contributed by atoms with van der Waals surface area (Å²) in [6.07, 6.45) is 9.48. The number of aromatic nitrogens is 1. The second-order valence-electron chi connectivity index (χ2n) is 5.88. The summed E-state index contributed by atoms with van der Waals surface area (Å²) in [6, 6.07) is 6.82. The fourth-order valence-corrected chi connectivity index (χ4v) is 3.89. The number of hydrogen-bond donors (Lipinski definition) is 1. The van der Waals surface area contributed by atoms with Gasteiger partial charge in [0.05, 0.1) is 0 Å². The van der Waals surface area contributed by atoms with Gasteiger partial charge in [-0.1, -0.05) is 38.7 Å². The Morgan fingerprint density at radius 2 is 2.21 bits per heavy atom. The van der Waals surface area contributed by atoms with E-state index in [9.17, 15) is 0 Å². The molecule has 0 fully saturated rings. The van der Waals surface area contributed by atoms with Crippen molar-refractivity contribution in [2.24, 2.45) is 5.92 Å². The molecule has 3 rings (SSSR count). The van der Waals surface area contributed by atoms with E-state index in [-0.39, 0.29) is 0 Å². The first-order valence-electron chi connectivity index (χ1n) is 7.57. The summed E-state index contributed by atoms with van der Waals surface area (Å²) in [6.45, 7) is 2.29. The Balaban J connectivity index is 1.81. The molecule has 0 bridgehead atoms. The second-order valence-corrected chi connectivity index (χ2v) is 7.12. The molecule has 1 atom stereocenters. The molecule has 1 aliphatic carbocycles. The molecule has 1 nitrogen and oxygen atoms in total. The average Bonchev–Trinajstić information content (AvgIpc) is 2.76. The lowest BCUT2D eigenvalue weighted by molar-refractivity contribution is 0.408. The smallest absolute Gasteiger partial charge is 0.0469 e. The van der Waals surface area contributed by atoms with Gasteiger partial charge in [-0.2, -0.15) is 0 Å². The lowest BCUT2D eigenvalue weighted by Gasteiger charge is -2.22. The van der Waals surface area contributed by atoms with Crippen molar-refractivity contribution < 1.29 is 0 Å². The predicted octanol–water partition coefficient (Wildman–Crippen LogP) is 5.46. The van der Waals surface area contributed by atoms with Gasteiger partial charge in [0.15, 0.2) is 0 Å². The SMILES string of the molecule is CCCCCC1CCc2[nH]c3cc(I)ccc3c2C1. The molecule has 0 aliphatic heterocycles. The summed E-state index contributed by atoms with van der Waals surface area (Å²) in [5, 5.41) is 1.47. The number of rotatable bonds is 4. The lowest BCUT2D eigenvalue weighted by Crippen LogP contribution is -2.13. The third-order valence-corrected chi connectivity index (χ3v) is 5.14. The van der Waals surface area contributed by atoms with Crippen molar-refractivity contribution in [3.63, 3.8) is 0 Å². The van der Waals surface area contributed by atoms with Crippen LogP contribution in [0.4, 0.5) is 0 Å². The van der Waals surface area contributed by atoms with E-state index in [1.165, 1.54) is 65.1 Å². The standard InChI is InChI=1S/C17H22IN/c1-2-3-4-5-12-6-9-16-15(10-12)14-8-7-13(18)11-17(14)19-16/h7-8,11-12,19H,2-6,9-10H2,1H3. The van der Waals surface area contributed by atoms with Gasteiger partial charge in [0.1, 0.15) is 0 Å². The van der Waals surface area contributed by atoms with E-state index in [2.05, 4.69) is 52.7 Å². The van der Waals surface area contributed by atoms with Crippen LogP contribution in [0.1, 0.15) is 50.3 Å². The molecule has 0 saturated carbocycles. The Kier molecular flexibility index (Phi) is 4.15. The summed E-state index contributed by atoms with van der Waals surface area (Å²) in [7, 11) is 0. The number of unbranched alkanes of at least 4 members (excludes halogenated alkanes) is 2. The van der Waals surface area contributed by atoms with Gasteiger partial charge in [-0.05, 0) is 65.5 Å². The molecule has 0 amide bonds. The number of halogens is 1. The number of nitrogens with one attached hydrogen (secondary N) is 1. The Morgan fingerprint density at radius 3 is 3.05 bits per heavy atom. The summed E-state index contributed by atoms with van der Waals surface area (Å²) >= 11 is 2.40. The largest absolute Gasteiger partial charge is 0.358 e. The zero-order chi connectivity index (χ0) is 13.2. The minimum atomic E-state index is 0.914. The highest BCUT2D eigenvalue weighted by Crippen LogP contribution is 2.34. The molecule has 0 saturated heterocycles. The van der Waals surface area contributed by atoms with Crippen LogP contribution in [-0.2, 0) is 12.8 Å². The van der Waals surface area contributed by atoms with Crippen molar-refractivity contribution in [1.29, 1.82) is 0 Å². The fourth-order valence-electron chi connectivity index (χ4n) is 3.40. The minimum absolute atomic E-state index is 0.914. The molecule has 102 valence electrons. The maximum atomic E-state index is 3.64. The summed E-state index contributed by atoms with van der Waals surface area (Å²) in [4.78, 5) is 3.64. The van der Waals surface area contributed by atoms with Crippen molar-refractivity contribution in [3.05, 3.63) is 33.0 Å². The maximum Gasteiger partial charge on any atom is 0.0469 e. The molecule has 2 heteroatoms. The Labute approximate surface area is 129 Å². The molecule has 0 radical (unpaired) electrons. The number of aryl methyl sites for hydroxylation is 1. The third-order valence-electron chi connectivity index (χ3n) is 4.47. The van der Waals surface area contributed by atoms with Crippen molar-refractivity contribution in [2.45, 2.75) is 51.9 Å². The predicted molar refractivity (Wildman–Crippen MR) is 90.7 cm³/mol. The van der Waals surface area contributed by atoms with Crippen LogP contribution < -0.4 is 0 Å². The monoisotopic (exact) mass is 367 g/mol. The molecule has 1 heterocycles. The lowest BCUT2D eigenvalue weighted by atomic mass is 9.83. The molecule has 1 aliphatic rings. The molecule has 0 spiro atoms.